The van der Waals surface area contributed by atoms with Crippen LogP contribution in [-0.2, 0) is 0 Å². The maximum absolute atomic E-state index is 5.59. The van der Waals surface area contributed by atoms with Gasteiger partial charge in [0.2, 0.25) is 0 Å². The van der Waals surface area contributed by atoms with Gasteiger partial charge in [0, 0.05) is 12.2 Å². The zero-order chi connectivity index (χ0) is 11.4. The Balaban J connectivity index is 2.06. The Morgan fingerprint density at radius 3 is 3.00 bits per heavy atom. The molecule has 1 aliphatic carbocycles. The topological polar surface area (TPSA) is 60.2 Å². The number of aromatic nitrogens is 1. The van der Waals surface area contributed by atoms with E-state index in [1.165, 1.54) is 12.8 Å². The number of nitrogens with two attached hydrogens (primary N) is 1. The molecule has 1 aromatic heterocycles. The lowest BCUT2D eigenvalue weighted by atomic mass is 10.0. The summed E-state index contributed by atoms with van der Waals surface area (Å²) in [5, 5.41) is 0. The number of hydrogen-bond donors (Lipinski definition) is 2. The highest BCUT2D eigenvalue weighted by Crippen LogP contribution is 2.37. The van der Waals surface area contributed by atoms with Crippen molar-refractivity contribution in [2.45, 2.75) is 32.2 Å². The van der Waals surface area contributed by atoms with Crippen molar-refractivity contribution in [3.8, 4) is 5.75 Å². The fourth-order valence-electron chi connectivity index (χ4n) is 1.86. The van der Waals surface area contributed by atoms with E-state index in [9.17, 15) is 0 Å². The summed E-state index contributed by atoms with van der Waals surface area (Å²) in [7, 11) is 0. The van der Waals surface area contributed by atoms with Gasteiger partial charge in [-0.25, -0.2) is 0 Å². The Morgan fingerprint density at radius 2 is 2.38 bits per heavy atom. The number of nitrogens with zero attached hydrogens (tertiary/aromatic N) is 1. The molecule has 0 bridgehead atoms. The van der Waals surface area contributed by atoms with Crippen molar-refractivity contribution in [1.82, 2.24) is 10.4 Å². The molecule has 0 radical (unpaired) electrons. The summed E-state index contributed by atoms with van der Waals surface area (Å²) in [6.45, 7) is 2.63. The molecule has 0 aromatic carbocycles. The third kappa shape index (κ3) is 2.93. The SMILES string of the molecule is CCOc1cncc(C(CC2CC2)NN)c1. The van der Waals surface area contributed by atoms with Crippen LogP contribution in [0.25, 0.3) is 0 Å². The standard InChI is InChI=1S/C12H19N3O/c1-2-16-11-6-10(7-14-8-11)12(15-13)5-9-3-4-9/h6-9,12,15H,2-5,13H2,1H3. The Morgan fingerprint density at radius 1 is 1.56 bits per heavy atom. The number of ether oxygens (including phenoxy) is 1. The van der Waals surface area contributed by atoms with Crippen molar-refractivity contribution < 1.29 is 4.74 Å². The normalized spacial score (nSPS) is 17.1. The molecule has 4 heteroatoms. The van der Waals surface area contributed by atoms with Gasteiger partial charge in [-0.3, -0.25) is 16.3 Å². The van der Waals surface area contributed by atoms with Crippen molar-refractivity contribution in [3.05, 3.63) is 24.0 Å². The number of rotatable bonds is 6. The first-order valence-electron chi connectivity index (χ1n) is 5.87. The van der Waals surface area contributed by atoms with Crippen molar-refractivity contribution >= 4 is 0 Å². The van der Waals surface area contributed by atoms with Crippen molar-refractivity contribution in [2.24, 2.45) is 11.8 Å². The Hall–Kier alpha value is -1.13. The number of hydrogen-bond acceptors (Lipinski definition) is 4. The van der Waals surface area contributed by atoms with E-state index in [1.807, 2.05) is 19.2 Å². The molecule has 0 saturated heterocycles. The molecule has 1 atom stereocenters. The molecule has 2 rings (SSSR count). The molecule has 1 saturated carbocycles. The van der Waals surface area contributed by atoms with E-state index in [0.717, 1.165) is 23.7 Å². The minimum atomic E-state index is 0.195. The van der Waals surface area contributed by atoms with E-state index < -0.39 is 0 Å². The summed E-state index contributed by atoms with van der Waals surface area (Å²) >= 11 is 0. The molecule has 0 aliphatic heterocycles. The Bertz CT molecular complexity index is 339. The monoisotopic (exact) mass is 221 g/mol. The highest BCUT2D eigenvalue weighted by atomic mass is 16.5. The second-order valence-corrected chi connectivity index (χ2v) is 4.29. The van der Waals surface area contributed by atoms with Crippen LogP contribution in [0, 0.1) is 5.92 Å². The average molecular weight is 221 g/mol. The van der Waals surface area contributed by atoms with Crippen LogP contribution < -0.4 is 16.0 Å². The van der Waals surface area contributed by atoms with Crippen LogP contribution in [0.5, 0.6) is 5.75 Å². The van der Waals surface area contributed by atoms with Crippen molar-refractivity contribution in [3.63, 3.8) is 0 Å². The van der Waals surface area contributed by atoms with Crippen LogP contribution in [0.1, 0.15) is 37.8 Å². The van der Waals surface area contributed by atoms with Gasteiger partial charge in [0.25, 0.3) is 0 Å². The summed E-state index contributed by atoms with van der Waals surface area (Å²) in [4.78, 5) is 4.18. The predicted octanol–water partition coefficient (Wildman–Crippen LogP) is 1.78. The lowest BCUT2D eigenvalue weighted by Gasteiger charge is -2.16. The fourth-order valence-corrected chi connectivity index (χ4v) is 1.86. The maximum atomic E-state index is 5.59. The summed E-state index contributed by atoms with van der Waals surface area (Å²) < 4.78 is 5.43. The minimum Gasteiger partial charge on any atom is -0.492 e. The third-order valence-electron chi connectivity index (χ3n) is 2.91. The van der Waals surface area contributed by atoms with E-state index in [4.69, 9.17) is 10.6 Å². The molecule has 16 heavy (non-hydrogen) atoms. The maximum Gasteiger partial charge on any atom is 0.137 e. The number of nitrogens with one attached hydrogen (secondary N) is 1. The predicted molar refractivity (Wildman–Crippen MR) is 62.8 cm³/mol. The smallest absolute Gasteiger partial charge is 0.137 e. The molecule has 1 aliphatic rings. The van der Waals surface area contributed by atoms with E-state index in [2.05, 4.69) is 10.4 Å². The first-order chi connectivity index (χ1) is 7.83. The molecule has 3 N–H and O–H groups in total. The van der Waals surface area contributed by atoms with E-state index in [0.29, 0.717) is 6.61 Å². The molecule has 1 aromatic rings. The van der Waals surface area contributed by atoms with Gasteiger partial charge in [-0.2, -0.15) is 0 Å². The highest BCUT2D eigenvalue weighted by Gasteiger charge is 2.26. The number of pyridine rings is 1. The Kier molecular flexibility index (Phi) is 3.74. The summed E-state index contributed by atoms with van der Waals surface area (Å²) in [5.74, 6) is 7.23. The van der Waals surface area contributed by atoms with Gasteiger partial charge in [-0.15, -0.1) is 0 Å². The second kappa shape index (κ2) is 5.27. The molecule has 1 heterocycles. The minimum absolute atomic E-state index is 0.195. The zero-order valence-corrected chi connectivity index (χ0v) is 9.65. The van der Waals surface area contributed by atoms with Crippen molar-refractivity contribution in [2.75, 3.05) is 6.61 Å². The third-order valence-corrected chi connectivity index (χ3v) is 2.91. The summed E-state index contributed by atoms with van der Waals surface area (Å²) in [6.07, 6.45) is 7.34. The molecule has 0 amide bonds. The quantitative estimate of drug-likeness (QED) is 0.568. The van der Waals surface area contributed by atoms with E-state index in [1.54, 1.807) is 6.20 Å². The number of hydrazine groups is 1. The lowest BCUT2D eigenvalue weighted by molar-refractivity contribution is 0.337. The molecule has 0 spiro atoms. The van der Waals surface area contributed by atoms with Crippen molar-refractivity contribution in [1.29, 1.82) is 0 Å². The summed E-state index contributed by atoms with van der Waals surface area (Å²) in [6, 6.07) is 2.21. The van der Waals surface area contributed by atoms with Crippen LogP contribution in [0.3, 0.4) is 0 Å². The van der Waals surface area contributed by atoms with Crippen LogP contribution in [0.4, 0.5) is 0 Å². The van der Waals surface area contributed by atoms with Gasteiger partial charge < -0.3 is 4.74 Å². The second-order valence-electron chi connectivity index (χ2n) is 4.29. The molecule has 1 unspecified atom stereocenters. The molecule has 4 nitrogen and oxygen atoms in total. The van der Waals surface area contributed by atoms with E-state index in [-0.39, 0.29) is 6.04 Å². The Labute approximate surface area is 96.2 Å². The first kappa shape index (κ1) is 11.4. The van der Waals surface area contributed by atoms with Gasteiger partial charge in [-0.1, -0.05) is 12.8 Å². The summed E-state index contributed by atoms with van der Waals surface area (Å²) in [5.41, 5.74) is 3.97. The first-order valence-corrected chi connectivity index (χ1v) is 5.87. The molecule has 1 fully saturated rings. The van der Waals surface area contributed by atoms with Crippen LogP contribution in [0.15, 0.2) is 18.5 Å². The van der Waals surface area contributed by atoms with Gasteiger partial charge in [-0.05, 0) is 30.9 Å². The lowest BCUT2D eigenvalue weighted by Crippen LogP contribution is -2.28. The highest BCUT2D eigenvalue weighted by molar-refractivity contribution is 5.26. The van der Waals surface area contributed by atoms with E-state index >= 15 is 0 Å². The molecular formula is C12H19N3O. The fraction of sp³-hybridized carbons (Fsp3) is 0.583. The van der Waals surface area contributed by atoms with Gasteiger partial charge >= 0.3 is 0 Å². The van der Waals surface area contributed by atoms with Gasteiger partial charge in [0.15, 0.2) is 0 Å². The van der Waals surface area contributed by atoms with Crippen LogP contribution >= 0.6 is 0 Å². The van der Waals surface area contributed by atoms with Crippen LogP contribution in [0.2, 0.25) is 0 Å². The molecular weight excluding hydrogens is 202 g/mol. The van der Waals surface area contributed by atoms with Crippen LogP contribution in [-0.4, -0.2) is 11.6 Å². The average Bonchev–Trinajstić information content (AvgIpc) is 3.10. The molecule has 88 valence electrons. The van der Waals surface area contributed by atoms with Gasteiger partial charge in [0.05, 0.1) is 12.8 Å². The zero-order valence-electron chi connectivity index (χ0n) is 9.65. The van der Waals surface area contributed by atoms with Gasteiger partial charge in [0.1, 0.15) is 5.75 Å². The largest absolute Gasteiger partial charge is 0.492 e.